The molecule has 0 radical (unpaired) electrons. The Balaban J connectivity index is 1.32. The Kier molecular flexibility index (Phi) is 7.28. The number of phenols is 1. The standard InChI is InChI=1S/C25H30ClN3O2/c26-23-6-2-1-5-22(23)24(29-13-3-4-14-29)17-27-25(31)18-28-15-11-20(12-16-28)19-7-9-21(30)10-8-19/h1-2,5-11,24,30H,3-4,12-18H2,(H,27,31). The number of hydrogen-bond acceptors (Lipinski definition) is 4. The lowest BCUT2D eigenvalue weighted by Crippen LogP contribution is -2.42. The van der Waals surface area contributed by atoms with Crippen molar-refractivity contribution in [3.05, 3.63) is 70.8 Å². The first kappa shape index (κ1) is 21.9. The molecule has 0 aliphatic carbocycles. The van der Waals surface area contributed by atoms with E-state index >= 15 is 0 Å². The molecule has 1 amide bonds. The fourth-order valence-electron chi connectivity index (χ4n) is 4.50. The van der Waals surface area contributed by atoms with Gasteiger partial charge in [-0.25, -0.2) is 0 Å². The van der Waals surface area contributed by atoms with Crippen molar-refractivity contribution in [2.24, 2.45) is 0 Å². The van der Waals surface area contributed by atoms with Crippen LogP contribution in [-0.4, -0.2) is 60.1 Å². The lowest BCUT2D eigenvalue weighted by atomic mass is 9.99. The van der Waals surface area contributed by atoms with Gasteiger partial charge in [0, 0.05) is 24.7 Å². The molecule has 0 bridgehead atoms. The van der Waals surface area contributed by atoms with E-state index in [1.165, 1.54) is 18.4 Å². The highest BCUT2D eigenvalue weighted by atomic mass is 35.5. The largest absolute Gasteiger partial charge is 0.508 e. The van der Waals surface area contributed by atoms with Crippen molar-refractivity contribution in [3.63, 3.8) is 0 Å². The second-order valence-corrected chi connectivity index (χ2v) is 8.75. The first-order valence-corrected chi connectivity index (χ1v) is 11.4. The Morgan fingerprint density at radius 3 is 2.48 bits per heavy atom. The van der Waals surface area contributed by atoms with Crippen LogP contribution in [0, 0.1) is 0 Å². The number of phenolic OH excluding ortho intramolecular Hbond substituents is 1. The van der Waals surface area contributed by atoms with E-state index in [4.69, 9.17) is 11.6 Å². The Labute approximate surface area is 189 Å². The molecule has 2 aliphatic heterocycles. The zero-order chi connectivity index (χ0) is 21.6. The lowest BCUT2D eigenvalue weighted by molar-refractivity contribution is -0.122. The molecule has 6 heteroatoms. The van der Waals surface area contributed by atoms with Gasteiger partial charge in [-0.1, -0.05) is 48.0 Å². The quantitative estimate of drug-likeness (QED) is 0.682. The van der Waals surface area contributed by atoms with Gasteiger partial charge in [-0.3, -0.25) is 14.6 Å². The molecule has 0 aromatic heterocycles. The van der Waals surface area contributed by atoms with Crippen molar-refractivity contribution in [1.29, 1.82) is 0 Å². The van der Waals surface area contributed by atoms with Crippen LogP contribution in [0.25, 0.3) is 5.57 Å². The molecule has 1 unspecified atom stereocenters. The maximum Gasteiger partial charge on any atom is 0.234 e. The highest BCUT2D eigenvalue weighted by Crippen LogP contribution is 2.30. The molecular formula is C25H30ClN3O2. The smallest absolute Gasteiger partial charge is 0.234 e. The molecule has 4 rings (SSSR count). The van der Waals surface area contributed by atoms with Crippen LogP contribution in [0.5, 0.6) is 5.75 Å². The summed E-state index contributed by atoms with van der Waals surface area (Å²) >= 11 is 6.47. The van der Waals surface area contributed by atoms with E-state index in [9.17, 15) is 9.90 Å². The highest BCUT2D eigenvalue weighted by Gasteiger charge is 2.26. The topological polar surface area (TPSA) is 55.8 Å². The summed E-state index contributed by atoms with van der Waals surface area (Å²) < 4.78 is 0. The average molecular weight is 440 g/mol. The number of carbonyl (C=O) groups is 1. The number of halogens is 1. The van der Waals surface area contributed by atoms with E-state index in [1.54, 1.807) is 12.1 Å². The molecular weight excluding hydrogens is 410 g/mol. The molecule has 2 aliphatic rings. The summed E-state index contributed by atoms with van der Waals surface area (Å²) in [7, 11) is 0. The van der Waals surface area contributed by atoms with Crippen molar-refractivity contribution in [2.75, 3.05) is 39.3 Å². The van der Waals surface area contributed by atoms with Gasteiger partial charge in [0.2, 0.25) is 5.91 Å². The van der Waals surface area contributed by atoms with Crippen LogP contribution < -0.4 is 5.32 Å². The van der Waals surface area contributed by atoms with Crippen LogP contribution in [0.2, 0.25) is 5.02 Å². The molecule has 1 saturated heterocycles. The van der Waals surface area contributed by atoms with Gasteiger partial charge >= 0.3 is 0 Å². The third-order valence-electron chi connectivity index (χ3n) is 6.24. The van der Waals surface area contributed by atoms with Gasteiger partial charge in [-0.05, 0) is 67.3 Å². The predicted octanol–water partition coefficient (Wildman–Crippen LogP) is 4.09. The molecule has 1 fully saturated rings. The maximum atomic E-state index is 12.7. The number of benzene rings is 2. The van der Waals surface area contributed by atoms with Crippen LogP contribution in [0.3, 0.4) is 0 Å². The number of hydrogen-bond donors (Lipinski definition) is 2. The first-order valence-electron chi connectivity index (χ1n) is 11.1. The van der Waals surface area contributed by atoms with Crippen molar-refractivity contribution in [3.8, 4) is 5.75 Å². The van der Waals surface area contributed by atoms with Crippen LogP contribution in [-0.2, 0) is 4.79 Å². The van der Waals surface area contributed by atoms with E-state index < -0.39 is 0 Å². The summed E-state index contributed by atoms with van der Waals surface area (Å²) in [4.78, 5) is 17.3. The summed E-state index contributed by atoms with van der Waals surface area (Å²) in [5.41, 5.74) is 3.49. The maximum absolute atomic E-state index is 12.7. The van der Waals surface area contributed by atoms with Gasteiger partial charge in [0.25, 0.3) is 0 Å². The zero-order valence-electron chi connectivity index (χ0n) is 17.8. The average Bonchev–Trinajstić information content (AvgIpc) is 3.31. The Bertz CT molecular complexity index is 923. The number of amides is 1. The van der Waals surface area contributed by atoms with Gasteiger partial charge < -0.3 is 10.4 Å². The van der Waals surface area contributed by atoms with Gasteiger partial charge in [-0.2, -0.15) is 0 Å². The second-order valence-electron chi connectivity index (χ2n) is 8.35. The number of nitrogens with zero attached hydrogens (tertiary/aromatic N) is 2. The van der Waals surface area contributed by atoms with Crippen LogP contribution >= 0.6 is 11.6 Å². The van der Waals surface area contributed by atoms with Gasteiger partial charge in [0.15, 0.2) is 0 Å². The number of likely N-dealkylation sites (tertiary alicyclic amines) is 1. The SMILES string of the molecule is O=C(CN1CC=C(c2ccc(O)cc2)CC1)NCC(c1ccccc1Cl)N1CCCC1. The molecule has 5 nitrogen and oxygen atoms in total. The van der Waals surface area contributed by atoms with E-state index in [0.29, 0.717) is 13.1 Å². The van der Waals surface area contributed by atoms with Crippen molar-refractivity contribution < 1.29 is 9.90 Å². The van der Waals surface area contributed by atoms with Gasteiger partial charge in [-0.15, -0.1) is 0 Å². The fourth-order valence-corrected chi connectivity index (χ4v) is 4.76. The molecule has 0 spiro atoms. The molecule has 2 aromatic carbocycles. The molecule has 1 atom stereocenters. The lowest BCUT2D eigenvalue weighted by Gasteiger charge is -2.30. The molecule has 0 saturated carbocycles. The Morgan fingerprint density at radius 2 is 1.81 bits per heavy atom. The number of aromatic hydroxyl groups is 1. The summed E-state index contributed by atoms with van der Waals surface area (Å²) in [5.74, 6) is 0.334. The summed E-state index contributed by atoms with van der Waals surface area (Å²) in [6.45, 7) is 4.66. The first-order chi connectivity index (χ1) is 15.1. The van der Waals surface area contributed by atoms with Crippen molar-refractivity contribution in [1.82, 2.24) is 15.1 Å². The molecule has 164 valence electrons. The number of nitrogens with one attached hydrogen (secondary N) is 1. The van der Waals surface area contributed by atoms with Crippen molar-refractivity contribution >= 4 is 23.1 Å². The van der Waals surface area contributed by atoms with E-state index in [2.05, 4.69) is 27.3 Å². The minimum Gasteiger partial charge on any atom is -0.508 e. The molecule has 2 aromatic rings. The number of rotatable bonds is 7. The van der Waals surface area contributed by atoms with E-state index in [1.807, 2.05) is 30.3 Å². The normalized spacial score (nSPS) is 18.5. The highest BCUT2D eigenvalue weighted by molar-refractivity contribution is 6.31. The minimum absolute atomic E-state index is 0.0535. The third kappa shape index (κ3) is 5.67. The molecule has 31 heavy (non-hydrogen) atoms. The summed E-state index contributed by atoms with van der Waals surface area (Å²) in [5, 5.41) is 13.4. The summed E-state index contributed by atoms with van der Waals surface area (Å²) in [6, 6.07) is 15.4. The van der Waals surface area contributed by atoms with Crippen LogP contribution in [0.1, 0.15) is 36.4 Å². The third-order valence-corrected chi connectivity index (χ3v) is 6.58. The predicted molar refractivity (Wildman–Crippen MR) is 125 cm³/mol. The Hall–Kier alpha value is -2.34. The van der Waals surface area contributed by atoms with Crippen LogP contribution in [0.4, 0.5) is 0 Å². The van der Waals surface area contributed by atoms with E-state index in [-0.39, 0.29) is 17.7 Å². The molecule has 2 N–H and O–H groups in total. The fraction of sp³-hybridized carbons (Fsp3) is 0.400. The Morgan fingerprint density at radius 1 is 1.06 bits per heavy atom. The van der Waals surface area contributed by atoms with Gasteiger partial charge in [0.1, 0.15) is 5.75 Å². The molecule has 2 heterocycles. The van der Waals surface area contributed by atoms with Crippen LogP contribution in [0.15, 0.2) is 54.6 Å². The van der Waals surface area contributed by atoms with Gasteiger partial charge in [0.05, 0.1) is 12.6 Å². The summed E-state index contributed by atoms with van der Waals surface area (Å²) in [6.07, 6.45) is 5.46. The second kappa shape index (κ2) is 10.3. The minimum atomic E-state index is 0.0535. The van der Waals surface area contributed by atoms with Crippen molar-refractivity contribution in [2.45, 2.75) is 25.3 Å². The number of carbonyl (C=O) groups excluding carboxylic acids is 1. The zero-order valence-corrected chi connectivity index (χ0v) is 18.5. The monoisotopic (exact) mass is 439 g/mol. The van der Waals surface area contributed by atoms with E-state index in [0.717, 1.165) is 48.7 Å².